The van der Waals surface area contributed by atoms with E-state index in [0.29, 0.717) is 12.0 Å². The fourth-order valence-electron chi connectivity index (χ4n) is 1.89. The van der Waals surface area contributed by atoms with Crippen LogP contribution in [0.15, 0.2) is 18.3 Å². The SMILES string of the molecule is CC(C)(C)CC(CNC(=O)c1ccc(C#N)cn1)C(=O)O. The summed E-state index contributed by atoms with van der Waals surface area (Å²) in [6.45, 7) is 5.90. The van der Waals surface area contributed by atoms with Crippen molar-refractivity contribution in [1.29, 1.82) is 5.26 Å². The van der Waals surface area contributed by atoms with E-state index < -0.39 is 17.8 Å². The molecule has 1 aromatic rings. The molecule has 0 spiro atoms. The van der Waals surface area contributed by atoms with Gasteiger partial charge in [0.25, 0.3) is 5.91 Å². The number of nitriles is 1. The van der Waals surface area contributed by atoms with Crippen LogP contribution in [0.25, 0.3) is 0 Å². The number of rotatable bonds is 5. The number of carbonyl (C=O) groups excluding carboxylic acids is 1. The van der Waals surface area contributed by atoms with Crippen LogP contribution in [0, 0.1) is 22.7 Å². The first kappa shape index (κ1) is 16.6. The Labute approximate surface area is 123 Å². The van der Waals surface area contributed by atoms with E-state index >= 15 is 0 Å². The van der Waals surface area contributed by atoms with Crippen molar-refractivity contribution in [1.82, 2.24) is 10.3 Å². The molecular formula is C15H19N3O3. The van der Waals surface area contributed by atoms with Crippen LogP contribution in [-0.2, 0) is 4.79 Å². The normalized spacial score (nSPS) is 12.3. The van der Waals surface area contributed by atoms with Gasteiger partial charge in [-0.2, -0.15) is 5.26 Å². The van der Waals surface area contributed by atoms with Crippen LogP contribution < -0.4 is 5.32 Å². The molecule has 6 nitrogen and oxygen atoms in total. The van der Waals surface area contributed by atoms with Crippen molar-refractivity contribution in [2.45, 2.75) is 27.2 Å². The second-order valence-corrected chi connectivity index (χ2v) is 6.05. The highest BCUT2D eigenvalue weighted by Crippen LogP contribution is 2.24. The van der Waals surface area contributed by atoms with Gasteiger partial charge in [-0.05, 0) is 24.0 Å². The van der Waals surface area contributed by atoms with Gasteiger partial charge >= 0.3 is 5.97 Å². The van der Waals surface area contributed by atoms with E-state index in [9.17, 15) is 14.7 Å². The Hall–Kier alpha value is -2.42. The number of nitrogens with zero attached hydrogens (tertiary/aromatic N) is 2. The van der Waals surface area contributed by atoms with Gasteiger partial charge in [-0.25, -0.2) is 4.98 Å². The van der Waals surface area contributed by atoms with Crippen molar-refractivity contribution in [3.05, 3.63) is 29.6 Å². The fraction of sp³-hybridized carbons (Fsp3) is 0.467. The Morgan fingerprint density at radius 3 is 2.52 bits per heavy atom. The third-order valence-electron chi connectivity index (χ3n) is 2.84. The van der Waals surface area contributed by atoms with E-state index in [1.165, 1.54) is 18.3 Å². The lowest BCUT2D eigenvalue weighted by molar-refractivity contribution is -0.142. The van der Waals surface area contributed by atoms with E-state index in [1.54, 1.807) is 0 Å². The van der Waals surface area contributed by atoms with E-state index in [2.05, 4.69) is 10.3 Å². The lowest BCUT2D eigenvalue weighted by Crippen LogP contribution is -2.35. The minimum absolute atomic E-state index is 0.0487. The van der Waals surface area contributed by atoms with E-state index in [0.717, 1.165) is 0 Å². The molecule has 21 heavy (non-hydrogen) atoms. The Morgan fingerprint density at radius 1 is 1.43 bits per heavy atom. The number of pyridine rings is 1. The van der Waals surface area contributed by atoms with Crippen LogP contribution in [0.5, 0.6) is 0 Å². The topological polar surface area (TPSA) is 103 Å². The number of carbonyl (C=O) groups is 2. The molecule has 1 aromatic heterocycles. The van der Waals surface area contributed by atoms with Crippen LogP contribution in [0.4, 0.5) is 0 Å². The molecule has 2 N–H and O–H groups in total. The fourth-order valence-corrected chi connectivity index (χ4v) is 1.89. The molecule has 0 aliphatic carbocycles. The standard InChI is InChI=1S/C15H19N3O3/c1-15(2,3)6-11(14(20)21)9-18-13(19)12-5-4-10(7-16)8-17-12/h4-5,8,11H,6,9H2,1-3H3,(H,18,19)(H,20,21). The van der Waals surface area contributed by atoms with Crippen molar-refractivity contribution >= 4 is 11.9 Å². The summed E-state index contributed by atoms with van der Waals surface area (Å²) in [6, 6.07) is 4.84. The molecule has 0 radical (unpaired) electrons. The van der Waals surface area contributed by atoms with Crippen LogP contribution in [0.2, 0.25) is 0 Å². The van der Waals surface area contributed by atoms with Crippen LogP contribution in [-0.4, -0.2) is 28.5 Å². The van der Waals surface area contributed by atoms with Crippen molar-refractivity contribution in [3.63, 3.8) is 0 Å². The molecule has 0 aliphatic rings. The number of amides is 1. The molecule has 1 amide bonds. The third kappa shape index (κ3) is 5.61. The summed E-state index contributed by atoms with van der Waals surface area (Å²) >= 11 is 0. The van der Waals surface area contributed by atoms with E-state index in [1.807, 2.05) is 26.8 Å². The minimum Gasteiger partial charge on any atom is -0.481 e. The summed E-state index contributed by atoms with van der Waals surface area (Å²) in [5.41, 5.74) is 0.386. The molecular weight excluding hydrogens is 270 g/mol. The number of hydrogen-bond donors (Lipinski definition) is 2. The van der Waals surface area contributed by atoms with E-state index in [-0.39, 0.29) is 17.7 Å². The maximum Gasteiger partial charge on any atom is 0.308 e. The molecule has 1 heterocycles. The third-order valence-corrected chi connectivity index (χ3v) is 2.84. The number of aromatic nitrogens is 1. The maximum atomic E-state index is 11.9. The van der Waals surface area contributed by atoms with Gasteiger partial charge in [-0.1, -0.05) is 20.8 Å². The molecule has 1 rings (SSSR count). The van der Waals surface area contributed by atoms with Gasteiger partial charge in [0.05, 0.1) is 11.5 Å². The Bertz CT molecular complexity index is 553. The lowest BCUT2D eigenvalue weighted by atomic mass is 9.84. The highest BCUT2D eigenvalue weighted by molar-refractivity contribution is 5.92. The Kier molecular flexibility index (Phi) is 5.42. The monoisotopic (exact) mass is 289 g/mol. The number of nitrogens with one attached hydrogen (secondary N) is 1. The summed E-state index contributed by atoms with van der Waals surface area (Å²) in [4.78, 5) is 27.0. The highest BCUT2D eigenvalue weighted by atomic mass is 16.4. The largest absolute Gasteiger partial charge is 0.481 e. The zero-order valence-corrected chi connectivity index (χ0v) is 12.4. The van der Waals surface area contributed by atoms with Gasteiger partial charge in [0.2, 0.25) is 0 Å². The zero-order valence-electron chi connectivity index (χ0n) is 12.4. The predicted molar refractivity (Wildman–Crippen MR) is 76.5 cm³/mol. The molecule has 0 aliphatic heterocycles. The molecule has 1 atom stereocenters. The molecule has 0 bridgehead atoms. The summed E-state index contributed by atoms with van der Waals surface area (Å²) in [7, 11) is 0. The molecule has 0 saturated carbocycles. The maximum absolute atomic E-state index is 11.9. The molecule has 0 saturated heterocycles. The van der Waals surface area contributed by atoms with Gasteiger partial charge < -0.3 is 10.4 Å². The van der Waals surface area contributed by atoms with Gasteiger partial charge in [0, 0.05) is 12.7 Å². The second-order valence-electron chi connectivity index (χ2n) is 6.05. The first-order chi connectivity index (χ1) is 9.73. The molecule has 112 valence electrons. The average molecular weight is 289 g/mol. The van der Waals surface area contributed by atoms with Crippen LogP contribution in [0.1, 0.15) is 43.2 Å². The summed E-state index contributed by atoms with van der Waals surface area (Å²) < 4.78 is 0. The number of hydrogen-bond acceptors (Lipinski definition) is 4. The average Bonchev–Trinajstić information content (AvgIpc) is 2.41. The van der Waals surface area contributed by atoms with Gasteiger partial charge in [-0.15, -0.1) is 0 Å². The molecule has 0 fully saturated rings. The van der Waals surface area contributed by atoms with Gasteiger partial charge in [0.1, 0.15) is 11.8 Å². The Morgan fingerprint density at radius 2 is 2.10 bits per heavy atom. The summed E-state index contributed by atoms with van der Waals surface area (Å²) in [5.74, 6) is -2.02. The number of aliphatic carboxylic acids is 1. The van der Waals surface area contributed by atoms with E-state index in [4.69, 9.17) is 5.26 Å². The summed E-state index contributed by atoms with van der Waals surface area (Å²) in [5, 5.41) is 20.4. The van der Waals surface area contributed by atoms with Crippen molar-refractivity contribution in [2.24, 2.45) is 11.3 Å². The van der Waals surface area contributed by atoms with Gasteiger partial charge in [0.15, 0.2) is 0 Å². The Balaban J connectivity index is 2.65. The molecule has 1 unspecified atom stereocenters. The number of carboxylic acids is 1. The van der Waals surface area contributed by atoms with Crippen LogP contribution in [0.3, 0.4) is 0 Å². The second kappa shape index (κ2) is 6.84. The molecule has 0 aromatic carbocycles. The van der Waals surface area contributed by atoms with Crippen LogP contribution >= 0.6 is 0 Å². The lowest BCUT2D eigenvalue weighted by Gasteiger charge is -2.23. The van der Waals surface area contributed by atoms with Crippen molar-refractivity contribution < 1.29 is 14.7 Å². The quantitative estimate of drug-likeness (QED) is 0.860. The molecule has 6 heteroatoms. The predicted octanol–water partition coefficient (Wildman–Crippen LogP) is 1.82. The first-order valence-corrected chi connectivity index (χ1v) is 6.60. The highest BCUT2D eigenvalue weighted by Gasteiger charge is 2.25. The first-order valence-electron chi connectivity index (χ1n) is 6.60. The van der Waals surface area contributed by atoms with Gasteiger partial charge in [-0.3, -0.25) is 9.59 Å². The van der Waals surface area contributed by atoms with Crippen molar-refractivity contribution in [2.75, 3.05) is 6.54 Å². The number of carboxylic acid groups (broad SMARTS) is 1. The minimum atomic E-state index is -0.932. The summed E-state index contributed by atoms with van der Waals surface area (Å²) in [6.07, 6.45) is 1.77. The smallest absolute Gasteiger partial charge is 0.308 e. The zero-order chi connectivity index (χ0) is 16.0. The van der Waals surface area contributed by atoms with Crippen molar-refractivity contribution in [3.8, 4) is 6.07 Å².